The molecule has 0 fully saturated rings. The number of carbonyl (C=O) groups is 2. The lowest BCUT2D eigenvalue weighted by Crippen LogP contribution is -2.40. The Bertz CT molecular complexity index is 994. The fourth-order valence-corrected chi connectivity index (χ4v) is 2.76. The van der Waals surface area contributed by atoms with E-state index in [9.17, 15) is 14.0 Å². The van der Waals surface area contributed by atoms with Crippen molar-refractivity contribution in [1.29, 1.82) is 0 Å². The number of nitrogens with zero attached hydrogens (tertiary/aromatic N) is 2. The van der Waals surface area contributed by atoms with Gasteiger partial charge >= 0.3 is 0 Å². The zero-order valence-corrected chi connectivity index (χ0v) is 16.5. The van der Waals surface area contributed by atoms with Gasteiger partial charge in [-0.25, -0.2) is 9.37 Å². The molecule has 2 aromatic carbocycles. The molecule has 0 atom stereocenters. The van der Waals surface area contributed by atoms with Crippen LogP contribution in [0.25, 0.3) is 0 Å². The summed E-state index contributed by atoms with van der Waals surface area (Å²) in [6.07, 6.45) is 1.54. The zero-order valence-electron chi connectivity index (χ0n) is 16.5. The van der Waals surface area contributed by atoms with Crippen LogP contribution in [0.2, 0.25) is 0 Å². The smallest absolute Gasteiger partial charge is 0.259 e. The lowest BCUT2D eigenvalue weighted by molar-refractivity contribution is -0.121. The van der Waals surface area contributed by atoms with E-state index in [0.29, 0.717) is 12.3 Å². The molecular formula is C23H22FN3O3. The fraction of sp³-hybridized carbons (Fsp3) is 0.174. The van der Waals surface area contributed by atoms with E-state index < -0.39 is 0 Å². The van der Waals surface area contributed by atoms with Crippen LogP contribution in [0.1, 0.15) is 22.8 Å². The largest absolute Gasteiger partial charge is 0.438 e. The van der Waals surface area contributed by atoms with Crippen molar-refractivity contribution in [2.75, 3.05) is 13.1 Å². The van der Waals surface area contributed by atoms with Gasteiger partial charge < -0.3 is 15.0 Å². The highest BCUT2D eigenvalue weighted by Crippen LogP contribution is 2.23. The number of carbonyl (C=O) groups excluding carboxylic acids is 2. The summed E-state index contributed by atoms with van der Waals surface area (Å²) in [5, 5.41) is 2.74. The van der Waals surface area contributed by atoms with Crippen molar-refractivity contribution >= 4 is 11.8 Å². The van der Waals surface area contributed by atoms with Gasteiger partial charge in [0.25, 0.3) is 5.91 Å². The van der Waals surface area contributed by atoms with Gasteiger partial charge in [-0.3, -0.25) is 9.59 Å². The Morgan fingerprint density at radius 2 is 1.77 bits per heavy atom. The standard InChI is InChI=1S/C23H22FN3O3/c1-2-27(16-21(28)26-15-17-10-12-18(24)13-11-17)23(29)20-9-6-14-25-22(20)30-19-7-4-3-5-8-19/h3-14H,2,15-16H2,1H3,(H,26,28). The van der Waals surface area contributed by atoms with Gasteiger partial charge in [0.15, 0.2) is 0 Å². The third kappa shape index (κ3) is 5.64. The third-order valence-corrected chi connectivity index (χ3v) is 4.37. The van der Waals surface area contributed by atoms with Crippen molar-refractivity contribution in [3.63, 3.8) is 0 Å². The number of likely N-dealkylation sites (N-methyl/N-ethyl adjacent to an activating group) is 1. The molecule has 2 amide bonds. The molecule has 0 radical (unpaired) electrons. The van der Waals surface area contributed by atoms with Crippen LogP contribution in [0.4, 0.5) is 4.39 Å². The summed E-state index contributed by atoms with van der Waals surface area (Å²) >= 11 is 0. The van der Waals surface area contributed by atoms with E-state index in [-0.39, 0.29) is 42.2 Å². The van der Waals surface area contributed by atoms with Crippen molar-refractivity contribution in [2.24, 2.45) is 0 Å². The lowest BCUT2D eigenvalue weighted by Gasteiger charge is -2.21. The minimum absolute atomic E-state index is 0.115. The monoisotopic (exact) mass is 407 g/mol. The summed E-state index contributed by atoms with van der Waals surface area (Å²) < 4.78 is 18.7. The lowest BCUT2D eigenvalue weighted by atomic mass is 10.2. The number of pyridine rings is 1. The van der Waals surface area contributed by atoms with Crippen LogP contribution in [0.15, 0.2) is 72.9 Å². The van der Waals surface area contributed by atoms with E-state index in [1.807, 2.05) is 18.2 Å². The average molecular weight is 407 g/mol. The van der Waals surface area contributed by atoms with Crippen molar-refractivity contribution in [3.8, 4) is 11.6 Å². The van der Waals surface area contributed by atoms with E-state index in [0.717, 1.165) is 5.56 Å². The van der Waals surface area contributed by atoms with Gasteiger partial charge in [0.05, 0.1) is 6.54 Å². The molecule has 0 spiro atoms. The number of nitrogens with one attached hydrogen (secondary N) is 1. The fourth-order valence-electron chi connectivity index (χ4n) is 2.76. The first-order chi connectivity index (χ1) is 14.6. The summed E-state index contributed by atoms with van der Waals surface area (Å²) in [5.74, 6) is -0.264. The van der Waals surface area contributed by atoms with Gasteiger partial charge in [0.1, 0.15) is 17.1 Å². The van der Waals surface area contributed by atoms with E-state index in [2.05, 4.69) is 10.3 Å². The van der Waals surface area contributed by atoms with Crippen molar-refractivity contribution in [1.82, 2.24) is 15.2 Å². The number of benzene rings is 2. The van der Waals surface area contributed by atoms with Crippen LogP contribution in [-0.4, -0.2) is 34.8 Å². The molecule has 0 aliphatic rings. The normalized spacial score (nSPS) is 10.3. The Morgan fingerprint density at radius 3 is 2.47 bits per heavy atom. The molecule has 1 heterocycles. The maximum atomic E-state index is 13.0. The van der Waals surface area contributed by atoms with Crippen LogP contribution in [0.5, 0.6) is 11.6 Å². The molecule has 1 N–H and O–H groups in total. The van der Waals surface area contributed by atoms with Crippen LogP contribution in [0, 0.1) is 5.82 Å². The van der Waals surface area contributed by atoms with Crippen molar-refractivity contribution in [2.45, 2.75) is 13.5 Å². The van der Waals surface area contributed by atoms with Crippen LogP contribution in [0.3, 0.4) is 0 Å². The Hall–Kier alpha value is -3.74. The zero-order chi connectivity index (χ0) is 21.3. The summed E-state index contributed by atoms with van der Waals surface area (Å²) in [5.41, 5.74) is 1.04. The molecule has 0 bridgehead atoms. The van der Waals surface area contributed by atoms with Crippen molar-refractivity contribution in [3.05, 3.63) is 89.9 Å². The molecule has 0 aliphatic carbocycles. The summed E-state index contributed by atoms with van der Waals surface area (Å²) in [7, 11) is 0. The number of hydrogen-bond donors (Lipinski definition) is 1. The number of amides is 2. The Kier molecular flexibility index (Phi) is 7.10. The molecule has 7 heteroatoms. The Morgan fingerprint density at radius 1 is 1.03 bits per heavy atom. The molecule has 154 valence electrons. The topological polar surface area (TPSA) is 71.5 Å². The molecule has 0 aliphatic heterocycles. The Labute approximate surface area is 174 Å². The molecule has 0 saturated carbocycles. The molecule has 3 aromatic rings. The Balaban J connectivity index is 1.65. The quantitative estimate of drug-likeness (QED) is 0.617. The summed E-state index contributed by atoms with van der Waals surface area (Å²) in [6.45, 7) is 2.26. The first-order valence-electron chi connectivity index (χ1n) is 9.55. The summed E-state index contributed by atoms with van der Waals surface area (Å²) in [6, 6.07) is 18.2. The molecule has 0 unspecified atom stereocenters. The number of hydrogen-bond acceptors (Lipinski definition) is 4. The highest BCUT2D eigenvalue weighted by atomic mass is 19.1. The third-order valence-electron chi connectivity index (χ3n) is 4.37. The average Bonchev–Trinajstić information content (AvgIpc) is 2.78. The van der Waals surface area contributed by atoms with E-state index in [1.165, 1.54) is 17.0 Å². The summed E-state index contributed by atoms with van der Waals surface area (Å²) in [4.78, 5) is 30.9. The number of para-hydroxylation sites is 1. The second-order valence-corrected chi connectivity index (χ2v) is 6.49. The molecule has 1 aromatic heterocycles. The first-order valence-corrected chi connectivity index (χ1v) is 9.55. The minimum Gasteiger partial charge on any atom is -0.438 e. The van der Waals surface area contributed by atoms with E-state index >= 15 is 0 Å². The highest BCUT2D eigenvalue weighted by Gasteiger charge is 2.22. The second-order valence-electron chi connectivity index (χ2n) is 6.49. The van der Waals surface area contributed by atoms with Crippen LogP contribution < -0.4 is 10.1 Å². The molecule has 3 rings (SSSR count). The first kappa shape index (κ1) is 21.0. The van der Waals surface area contributed by atoms with E-state index in [4.69, 9.17) is 4.74 Å². The minimum atomic E-state index is -0.353. The second kappa shape index (κ2) is 10.2. The molecule has 6 nitrogen and oxygen atoms in total. The number of aromatic nitrogens is 1. The molecule has 30 heavy (non-hydrogen) atoms. The van der Waals surface area contributed by atoms with Crippen LogP contribution >= 0.6 is 0 Å². The highest BCUT2D eigenvalue weighted by molar-refractivity contribution is 5.98. The predicted octanol–water partition coefficient (Wildman–Crippen LogP) is 3.79. The van der Waals surface area contributed by atoms with Gasteiger partial charge in [-0.1, -0.05) is 30.3 Å². The van der Waals surface area contributed by atoms with Gasteiger partial charge in [-0.05, 0) is 48.9 Å². The maximum absolute atomic E-state index is 13.0. The number of rotatable bonds is 8. The maximum Gasteiger partial charge on any atom is 0.259 e. The van der Waals surface area contributed by atoms with E-state index in [1.54, 1.807) is 49.5 Å². The van der Waals surface area contributed by atoms with Gasteiger partial charge in [0, 0.05) is 19.3 Å². The van der Waals surface area contributed by atoms with Gasteiger partial charge in [0.2, 0.25) is 11.8 Å². The van der Waals surface area contributed by atoms with Crippen molar-refractivity contribution < 1.29 is 18.7 Å². The molecule has 0 saturated heterocycles. The van der Waals surface area contributed by atoms with Gasteiger partial charge in [-0.2, -0.15) is 0 Å². The molecular weight excluding hydrogens is 385 g/mol. The number of halogens is 1. The predicted molar refractivity (Wildman–Crippen MR) is 111 cm³/mol. The SMILES string of the molecule is CCN(CC(=O)NCc1ccc(F)cc1)C(=O)c1cccnc1Oc1ccccc1. The van der Waals surface area contributed by atoms with Crippen LogP contribution in [-0.2, 0) is 11.3 Å². The van der Waals surface area contributed by atoms with Gasteiger partial charge in [-0.15, -0.1) is 0 Å². The number of ether oxygens (including phenoxy) is 1.